The first-order chi connectivity index (χ1) is 19.1. The molecule has 1 atom stereocenters. The number of rotatable bonds is 9. The Morgan fingerprint density at radius 1 is 1.07 bits per heavy atom. The van der Waals surface area contributed by atoms with Crippen molar-refractivity contribution >= 4 is 28.3 Å². The van der Waals surface area contributed by atoms with Gasteiger partial charge in [0.25, 0.3) is 0 Å². The average Bonchev–Trinajstić information content (AvgIpc) is 3.54. The summed E-state index contributed by atoms with van der Waals surface area (Å²) in [7, 11) is 0. The van der Waals surface area contributed by atoms with Crippen LogP contribution in [0.5, 0.6) is 11.5 Å². The summed E-state index contributed by atoms with van der Waals surface area (Å²) < 4.78 is 51.1. The van der Waals surface area contributed by atoms with Crippen LogP contribution >= 0.6 is 11.6 Å². The molecule has 0 aliphatic heterocycles. The van der Waals surface area contributed by atoms with Crippen molar-refractivity contribution in [2.75, 3.05) is 0 Å². The van der Waals surface area contributed by atoms with E-state index < -0.39 is 12.5 Å². The third-order valence-corrected chi connectivity index (χ3v) is 6.63. The molecule has 0 saturated carbocycles. The van der Waals surface area contributed by atoms with E-state index in [1.54, 1.807) is 47.9 Å². The third-order valence-electron chi connectivity index (χ3n) is 6.37. The first-order valence-electron chi connectivity index (χ1n) is 12.3. The number of nitrogens with zero attached hydrogens (tertiary/aromatic N) is 5. The standard InChI is InChI=1S/C28H22ClF3N5O3.Na/c1-3-24(27-33-35-36-34-27)39-20-6-4-5-17(13-20)15-37-16(2)25(26(38)18-7-9-19(29)10-8-18)22-12-11-21(14-23(22)37)40-28(30,31)32;/h4-14,24H,3,15H2,1-2H3;/q-1;+1. The minimum atomic E-state index is -4.86. The first-order valence-corrected chi connectivity index (χ1v) is 12.6. The molecule has 41 heavy (non-hydrogen) atoms. The Bertz CT molecular complexity index is 1660. The summed E-state index contributed by atoms with van der Waals surface area (Å²) in [4.78, 5) is 13.6. The predicted molar refractivity (Wildman–Crippen MR) is 141 cm³/mol. The Morgan fingerprint density at radius 2 is 1.83 bits per heavy atom. The van der Waals surface area contributed by atoms with Crippen molar-refractivity contribution < 1.29 is 57.0 Å². The van der Waals surface area contributed by atoms with E-state index in [1.807, 2.05) is 19.1 Å². The third kappa shape index (κ3) is 6.92. The van der Waals surface area contributed by atoms with Gasteiger partial charge in [0.1, 0.15) is 17.6 Å². The van der Waals surface area contributed by atoms with Crippen molar-refractivity contribution in [2.45, 2.75) is 39.3 Å². The second-order valence-corrected chi connectivity index (χ2v) is 9.44. The maximum absolute atomic E-state index is 13.6. The number of ether oxygens (including phenoxy) is 2. The van der Waals surface area contributed by atoms with E-state index in [9.17, 15) is 18.0 Å². The maximum atomic E-state index is 13.6. The second-order valence-electron chi connectivity index (χ2n) is 9.01. The summed E-state index contributed by atoms with van der Waals surface area (Å²) in [6, 6.07) is 17.7. The monoisotopic (exact) mass is 591 g/mol. The molecule has 0 N–H and O–H groups in total. The van der Waals surface area contributed by atoms with Crippen LogP contribution in [0.1, 0.15) is 52.5 Å². The summed E-state index contributed by atoms with van der Waals surface area (Å²) in [5, 5.41) is 15.7. The Morgan fingerprint density at radius 3 is 2.49 bits per heavy atom. The molecule has 3 aromatic carbocycles. The van der Waals surface area contributed by atoms with Gasteiger partial charge in [-0.1, -0.05) is 30.7 Å². The van der Waals surface area contributed by atoms with Crippen LogP contribution in [0.2, 0.25) is 5.02 Å². The molecule has 1 unspecified atom stereocenters. The Labute approximate surface area is 260 Å². The molecule has 0 amide bonds. The number of alkyl halides is 3. The fraction of sp³-hybridized carbons (Fsp3) is 0.214. The molecule has 0 aliphatic carbocycles. The molecule has 5 aromatic rings. The number of tetrazole rings is 1. The van der Waals surface area contributed by atoms with Crippen LogP contribution in [0.3, 0.4) is 0 Å². The van der Waals surface area contributed by atoms with Gasteiger partial charge in [-0.3, -0.25) is 15.2 Å². The van der Waals surface area contributed by atoms with Gasteiger partial charge in [-0.2, -0.15) is 0 Å². The summed E-state index contributed by atoms with van der Waals surface area (Å²) in [6.07, 6.45) is -4.73. The largest absolute Gasteiger partial charge is 1.00 e. The molecule has 206 valence electrons. The molecular formula is C28H22ClF3N5NaO3. The fourth-order valence-corrected chi connectivity index (χ4v) is 4.68. The fourth-order valence-electron chi connectivity index (χ4n) is 4.55. The molecule has 0 radical (unpaired) electrons. The minimum absolute atomic E-state index is 0. The number of carbonyl (C=O) groups excluding carboxylic acids is 1. The van der Waals surface area contributed by atoms with Gasteiger partial charge >= 0.3 is 35.9 Å². The van der Waals surface area contributed by atoms with E-state index in [2.05, 4.69) is 25.4 Å². The number of fused-ring (bicyclic) bond motifs is 1. The maximum Gasteiger partial charge on any atom is 1.00 e. The van der Waals surface area contributed by atoms with Crippen LogP contribution in [-0.4, -0.2) is 32.1 Å². The van der Waals surface area contributed by atoms with Gasteiger partial charge < -0.3 is 19.1 Å². The van der Waals surface area contributed by atoms with E-state index in [1.165, 1.54) is 18.2 Å². The Kier molecular flexibility index (Phi) is 9.43. The van der Waals surface area contributed by atoms with Gasteiger partial charge in [-0.05, 0) is 67.4 Å². The van der Waals surface area contributed by atoms with Crippen LogP contribution < -0.4 is 44.2 Å². The van der Waals surface area contributed by atoms with Crippen LogP contribution in [0.4, 0.5) is 13.2 Å². The zero-order chi connectivity index (χ0) is 28.4. The van der Waals surface area contributed by atoms with Gasteiger partial charge in [0, 0.05) is 34.3 Å². The Hall–Kier alpha value is -3.38. The van der Waals surface area contributed by atoms with Crippen LogP contribution in [0, 0.1) is 6.92 Å². The van der Waals surface area contributed by atoms with E-state index in [0.717, 1.165) is 5.56 Å². The minimum Gasteiger partial charge on any atom is -0.484 e. The molecule has 0 saturated heterocycles. The van der Waals surface area contributed by atoms with Gasteiger partial charge in [0.15, 0.2) is 5.78 Å². The smallest absolute Gasteiger partial charge is 0.484 e. The molecule has 5 rings (SSSR count). The molecule has 2 heterocycles. The van der Waals surface area contributed by atoms with Crippen LogP contribution in [0.25, 0.3) is 10.9 Å². The zero-order valence-electron chi connectivity index (χ0n) is 22.3. The number of halogens is 4. The number of aromatic nitrogens is 5. The molecule has 0 bridgehead atoms. The quantitative estimate of drug-likeness (QED) is 0.191. The second kappa shape index (κ2) is 12.6. The van der Waals surface area contributed by atoms with E-state index in [-0.39, 0.29) is 47.6 Å². The van der Waals surface area contributed by atoms with Crippen molar-refractivity contribution in [2.24, 2.45) is 0 Å². The molecule has 8 nitrogen and oxygen atoms in total. The number of carbonyl (C=O) groups is 1. The van der Waals surface area contributed by atoms with Crippen LogP contribution in [-0.2, 0) is 6.54 Å². The zero-order valence-corrected chi connectivity index (χ0v) is 25.1. The molecule has 0 fully saturated rings. The van der Waals surface area contributed by atoms with E-state index in [4.69, 9.17) is 16.3 Å². The predicted octanol–water partition coefficient (Wildman–Crippen LogP) is 3.46. The molecular weight excluding hydrogens is 570 g/mol. The summed E-state index contributed by atoms with van der Waals surface area (Å²) in [5.41, 5.74) is 2.57. The van der Waals surface area contributed by atoms with Gasteiger partial charge in [0.2, 0.25) is 0 Å². The van der Waals surface area contributed by atoms with Crippen molar-refractivity contribution in [1.82, 2.24) is 25.2 Å². The number of benzene rings is 3. The summed E-state index contributed by atoms with van der Waals surface area (Å²) in [6.45, 7) is 3.92. The van der Waals surface area contributed by atoms with Crippen LogP contribution in [0.15, 0.2) is 66.7 Å². The van der Waals surface area contributed by atoms with Crippen molar-refractivity contribution in [3.63, 3.8) is 0 Å². The van der Waals surface area contributed by atoms with Gasteiger partial charge in [-0.15, -0.1) is 13.2 Å². The van der Waals surface area contributed by atoms with Crippen molar-refractivity contribution in [3.05, 3.63) is 100.0 Å². The molecule has 0 spiro atoms. The normalized spacial score (nSPS) is 12.1. The van der Waals surface area contributed by atoms with Crippen molar-refractivity contribution in [3.8, 4) is 11.5 Å². The molecule has 0 aliphatic rings. The van der Waals surface area contributed by atoms with Gasteiger partial charge in [0.05, 0.1) is 16.9 Å². The number of hydrogen-bond donors (Lipinski definition) is 0. The average molecular weight is 592 g/mol. The SMILES string of the molecule is CCC(Oc1cccc(Cn2c(C)c(C(=O)c3ccc(Cl)cc3)c3ccc(OC(F)(F)F)cc32)c1)c1nn[n-]n1.[Na+]. The topological polar surface area (TPSA) is 93.2 Å². The molecule has 2 aromatic heterocycles. The summed E-state index contributed by atoms with van der Waals surface area (Å²) in [5.74, 6) is 0.246. The van der Waals surface area contributed by atoms with E-state index >= 15 is 0 Å². The van der Waals surface area contributed by atoms with E-state index in [0.29, 0.717) is 50.7 Å². The summed E-state index contributed by atoms with van der Waals surface area (Å²) >= 11 is 5.99. The molecule has 13 heteroatoms. The number of hydrogen-bond acceptors (Lipinski definition) is 6. The number of ketones is 1. The Balaban J connectivity index is 0.00000387. The first kappa shape index (κ1) is 30.6. The van der Waals surface area contributed by atoms with Gasteiger partial charge in [-0.25, -0.2) is 5.10 Å². The van der Waals surface area contributed by atoms with Crippen molar-refractivity contribution in [1.29, 1.82) is 0 Å².